The fourth-order valence-electron chi connectivity index (χ4n) is 2.42. The molecule has 0 atom stereocenters. The number of rotatable bonds is 3. The van der Waals surface area contributed by atoms with E-state index in [9.17, 15) is 22.8 Å². The van der Waals surface area contributed by atoms with E-state index in [1.54, 1.807) is 0 Å². The quantitative estimate of drug-likeness (QED) is 0.729. The average molecular weight is 382 g/mol. The minimum Gasteiger partial charge on any atom is -0.348 e. The monoisotopic (exact) mass is 381 g/mol. The van der Waals surface area contributed by atoms with Crippen LogP contribution in [0.2, 0.25) is 5.15 Å². The number of amides is 1. The van der Waals surface area contributed by atoms with Gasteiger partial charge in [-0.25, -0.2) is 5.10 Å². The van der Waals surface area contributed by atoms with Crippen molar-refractivity contribution in [1.29, 1.82) is 0 Å². The molecule has 26 heavy (non-hydrogen) atoms. The summed E-state index contributed by atoms with van der Waals surface area (Å²) >= 11 is 5.92. The summed E-state index contributed by atoms with van der Waals surface area (Å²) < 4.78 is 38.1. The molecule has 0 spiro atoms. The molecule has 1 heterocycles. The van der Waals surface area contributed by atoms with Gasteiger partial charge in [0.15, 0.2) is 5.15 Å². The fourth-order valence-corrected chi connectivity index (χ4v) is 2.62. The summed E-state index contributed by atoms with van der Waals surface area (Å²) in [6.45, 7) is -0.0812. The molecule has 0 bridgehead atoms. The van der Waals surface area contributed by atoms with Crippen LogP contribution in [0.1, 0.15) is 21.5 Å². The van der Waals surface area contributed by atoms with E-state index < -0.39 is 23.2 Å². The van der Waals surface area contributed by atoms with E-state index in [1.807, 2.05) is 0 Å². The molecule has 3 rings (SSSR count). The van der Waals surface area contributed by atoms with Gasteiger partial charge in [0.05, 0.1) is 10.9 Å². The predicted octanol–water partition coefficient (Wildman–Crippen LogP) is 3.53. The van der Waals surface area contributed by atoms with Crippen LogP contribution in [-0.4, -0.2) is 16.1 Å². The first-order valence-corrected chi connectivity index (χ1v) is 7.76. The lowest BCUT2D eigenvalue weighted by Crippen LogP contribution is -2.23. The molecular weight excluding hydrogens is 371 g/mol. The van der Waals surface area contributed by atoms with Crippen molar-refractivity contribution in [3.8, 4) is 0 Å². The van der Waals surface area contributed by atoms with E-state index in [4.69, 9.17) is 11.6 Å². The Morgan fingerprint density at radius 2 is 1.92 bits per heavy atom. The summed E-state index contributed by atoms with van der Waals surface area (Å²) in [6, 6.07) is 8.95. The molecule has 0 saturated heterocycles. The summed E-state index contributed by atoms with van der Waals surface area (Å²) in [7, 11) is 0. The summed E-state index contributed by atoms with van der Waals surface area (Å²) in [6.07, 6.45) is -4.45. The molecule has 0 aliphatic carbocycles. The number of benzene rings is 2. The van der Waals surface area contributed by atoms with Gasteiger partial charge in [0.25, 0.3) is 11.5 Å². The van der Waals surface area contributed by atoms with Crippen molar-refractivity contribution in [2.45, 2.75) is 12.7 Å². The number of carbonyl (C=O) groups is 1. The second-order valence-electron chi connectivity index (χ2n) is 5.48. The molecular formula is C17H11ClF3N3O2. The number of halogens is 4. The minimum absolute atomic E-state index is 0.0344. The Morgan fingerprint density at radius 1 is 1.15 bits per heavy atom. The number of aromatic nitrogens is 2. The Bertz CT molecular complexity index is 1050. The lowest BCUT2D eigenvalue weighted by atomic mass is 10.1. The maximum Gasteiger partial charge on any atom is 0.416 e. The first-order chi connectivity index (χ1) is 12.3. The van der Waals surface area contributed by atoms with Gasteiger partial charge in [-0.05, 0) is 35.9 Å². The maximum atomic E-state index is 12.7. The number of H-pyrrole nitrogens is 1. The highest BCUT2D eigenvalue weighted by atomic mass is 35.5. The molecule has 134 valence electrons. The van der Waals surface area contributed by atoms with E-state index >= 15 is 0 Å². The van der Waals surface area contributed by atoms with Crippen LogP contribution in [0, 0.1) is 0 Å². The number of hydrogen-bond acceptors (Lipinski definition) is 3. The highest BCUT2D eigenvalue weighted by Gasteiger charge is 2.30. The van der Waals surface area contributed by atoms with Crippen molar-refractivity contribution in [2.75, 3.05) is 0 Å². The van der Waals surface area contributed by atoms with E-state index in [-0.39, 0.29) is 22.6 Å². The highest BCUT2D eigenvalue weighted by molar-refractivity contribution is 6.34. The molecule has 0 aliphatic heterocycles. The van der Waals surface area contributed by atoms with Crippen molar-refractivity contribution in [3.63, 3.8) is 0 Å². The van der Waals surface area contributed by atoms with E-state index in [0.717, 1.165) is 12.1 Å². The van der Waals surface area contributed by atoms with E-state index in [0.29, 0.717) is 10.9 Å². The minimum atomic E-state index is -4.45. The zero-order chi connectivity index (χ0) is 18.9. The van der Waals surface area contributed by atoms with Gasteiger partial charge in [0, 0.05) is 17.5 Å². The normalized spacial score (nSPS) is 11.5. The van der Waals surface area contributed by atoms with E-state index in [2.05, 4.69) is 15.5 Å². The summed E-state index contributed by atoms with van der Waals surface area (Å²) in [5, 5.41) is 9.00. The Kier molecular flexibility index (Phi) is 4.69. The third kappa shape index (κ3) is 3.70. The molecule has 0 radical (unpaired) electrons. The summed E-state index contributed by atoms with van der Waals surface area (Å²) in [5.41, 5.74) is -0.712. The molecule has 0 unspecified atom stereocenters. The van der Waals surface area contributed by atoms with Gasteiger partial charge >= 0.3 is 6.18 Å². The Balaban J connectivity index is 1.80. The van der Waals surface area contributed by atoms with E-state index in [1.165, 1.54) is 30.3 Å². The molecule has 0 aliphatic rings. The van der Waals surface area contributed by atoms with Crippen molar-refractivity contribution < 1.29 is 18.0 Å². The van der Waals surface area contributed by atoms with Crippen LogP contribution in [0.5, 0.6) is 0 Å². The Morgan fingerprint density at radius 3 is 2.65 bits per heavy atom. The molecule has 0 fully saturated rings. The van der Waals surface area contributed by atoms with Crippen LogP contribution in [0.4, 0.5) is 13.2 Å². The number of fused-ring (bicyclic) bond motifs is 1. The number of nitrogens with one attached hydrogen (secondary N) is 2. The Labute approximate surface area is 149 Å². The summed E-state index contributed by atoms with van der Waals surface area (Å²) in [4.78, 5) is 23.9. The van der Waals surface area contributed by atoms with Crippen molar-refractivity contribution >= 4 is 28.3 Å². The first kappa shape index (κ1) is 17.9. The molecule has 5 nitrogen and oxygen atoms in total. The molecule has 9 heteroatoms. The van der Waals surface area contributed by atoms with Crippen LogP contribution in [-0.2, 0) is 12.7 Å². The van der Waals surface area contributed by atoms with Crippen molar-refractivity contribution in [2.24, 2.45) is 0 Å². The molecule has 2 N–H and O–H groups in total. The SMILES string of the molecule is O=C(NCc1cccc(C(F)(F)F)c1)c1ccc2c(=O)[nH]nc(Cl)c2c1. The third-order valence-electron chi connectivity index (χ3n) is 3.71. The molecule has 1 amide bonds. The standard InChI is InChI=1S/C17H11ClF3N3O2/c18-14-13-7-10(4-5-12(13)16(26)24-23-14)15(25)22-8-9-2-1-3-11(6-9)17(19,20)21/h1-7H,8H2,(H,22,25)(H,24,26). The van der Waals surface area contributed by atoms with Gasteiger partial charge < -0.3 is 5.32 Å². The average Bonchev–Trinajstić information content (AvgIpc) is 2.62. The number of aromatic amines is 1. The third-order valence-corrected chi connectivity index (χ3v) is 4.00. The largest absolute Gasteiger partial charge is 0.416 e. The molecule has 2 aromatic carbocycles. The van der Waals surface area contributed by atoms with Crippen LogP contribution in [0.3, 0.4) is 0 Å². The summed E-state index contributed by atoms with van der Waals surface area (Å²) in [5.74, 6) is -0.513. The number of carbonyl (C=O) groups excluding carboxylic acids is 1. The lowest BCUT2D eigenvalue weighted by molar-refractivity contribution is -0.137. The van der Waals surface area contributed by atoms with Crippen LogP contribution in [0.15, 0.2) is 47.3 Å². The highest BCUT2D eigenvalue weighted by Crippen LogP contribution is 2.29. The predicted molar refractivity (Wildman–Crippen MR) is 90.0 cm³/mol. The topological polar surface area (TPSA) is 74.8 Å². The fraction of sp³-hybridized carbons (Fsp3) is 0.118. The number of alkyl halides is 3. The Hall–Kier alpha value is -2.87. The second-order valence-corrected chi connectivity index (χ2v) is 5.84. The zero-order valence-electron chi connectivity index (χ0n) is 13.0. The number of nitrogens with zero attached hydrogens (tertiary/aromatic N) is 1. The molecule has 3 aromatic rings. The maximum absolute atomic E-state index is 12.7. The van der Waals surface area contributed by atoms with Crippen molar-refractivity contribution in [1.82, 2.24) is 15.5 Å². The van der Waals surface area contributed by atoms with Crippen LogP contribution in [0.25, 0.3) is 10.8 Å². The lowest BCUT2D eigenvalue weighted by Gasteiger charge is -2.10. The van der Waals surface area contributed by atoms with Gasteiger partial charge in [0.2, 0.25) is 0 Å². The smallest absolute Gasteiger partial charge is 0.348 e. The van der Waals surface area contributed by atoms with Gasteiger partial charge in [-0.3, -0.25) is 9.59 Å². The van der Waals surface area contributed by atoms with Gasteiger partial charge in [0.1, 0.15) is 0 Å². The van der Waals surface area contributed by atoms with Gasteiger partial charge in [-0.2, -0.15) is 18.3 Å². The first-order valence-electron chi connectivity index (χ1n) is 7.38. The van der Waals surface area contributed by atoms with Crippen molar-refractivity contribution in [3.05, 3.63) is 74.7 Å². The molecule has 0 saturated carbocycles. The van der Waals surface area contributed by atoms with Crippen LogP contribution < -0.4 is 10.9 Å². The number of hydrogen-bond donors (Lipinski definition) is 2. The van der Waals surface area contributed by atoms with Crippen LogP contribution >= 0.6 is 11.6 Å². The van der Waals surface area contributed by atoms with Gasteiger partial charge in [-0.1, -0.05) is 23.7 Å². The van der Waals surface area contributed by atoms with Gasteiger partial charge in [-0.15, -0.1) is 0 Å². The second kappa shape index (κ2) is 6.80. The molecule has 1 aromatic heterocycles. The zero-order valence-corrected chi connectivity index (χ0v) is 13.8.